The Hall–Kier alpha value is -1.04. The maximum Gasteiger partial charge on any atom is 0.129 e. The maximum atomic E-state index is 13.6. The van der Waals surface area contributed by atoms with E-state index in [9.17, 15) is 13.9 Å². The van der Waals surface area contributed by atoms with Gasteiger partial charge in [-0.3, -0.25) is 0 Å². The number of hydrogen-bond acceptors (Lipinski definition) is 3. The highest BCUT2D eigenvalue weighted by Gasteiger charge is 2.31. The summed E-state index contributed by atoms with van der Waals surface area (Å²) in [5.41, 5.74) is 0.0285. The molecule has 0 radical (unpaired) electrons. The Labute approximate surface area is 124 Å². The van der Waals surface area contributed by atoms with E-state index in [2.05, 4.69) is 10.2 Å². The Morgan fingerprint density at radius 2 is 2.14 bits per heavy atom. The second-order valence-electron chi connectivity index (χ2n) is 6.14. The zero-order valence-electron chi connectivity index (χ0n) is 12.1. The third-order valence-electron chi connectivity index (χ3n) is 4.74. The first-order valence-corrected chi connectivity index (χ1v) is 7.74. The Balaban J connectivity index is 1.53. The summed E-state index contributed by atoms with van der Waals surface area (Å²) in [6, 6.07) is 4.20. The monoisotopic (exact) mass is 296 g/mol. The normalized spacial score (nSPS) is 27.6. The van der Waals surface area contributed by atoms with Crippen molar-refractivity contribution in [2.24, 2.45) is 0 Å². The molecule has 0 aliphatic carbocycles. The number of nitrogens with one attached hydrogen (secondary N) is 1. The van der Waals surface area contributed by atoms with Crippen LogP contribution in [-0.2, 0) is 0 Å². The van der Waals surface area contributed by atoms with E-state index >= 15 is 0 Å². The molecule has 0 saturated carbocycles. The van der Waals surface area contributed by atoms with Gasteiger partial charge in [-0.2, -0.15) is 0 Å². The number of fused-ring (bicyclic) bond motifs is 1. The van der Waals surface area contributed by atoms with E-state index in [1.165, 1.54) is 19.4 Å². The molecule has 0 amide bonds. The summed E-state index contributed by atoms with van der Waals surface area (Å²) in [7, 11) is 0. The molecule has 2 heterocycles. The molecule has 2 aliphatic rings. The Bertz CT molecular complexity index is 497. The molecule has 0 bridgehead atoms. The average Bonchev–Trinajstić information content (AvgIpc) is 2.94. The molecule has 3 rings (SSSR count). The van der Waals surface area contributed by atoms with Gasteiger partial charge in [-0.15, -0.1) is 0 Å². The van der Waals surface area contributed by atoms with Gasteiger partial charge in [0.1, 0.15) is 11.6 Å². The van der Waals surface area contributed by atoms with Crippen LogP contribution in [0, 0.1) is 11.6 Å². The molecule has 3 unspecified atom stereocenters. The van der Waals surface area contributed by atoms with Gasteiger partial charge < -0.3 is 15.3 Å². The van der Waals surface area contributed by atoms with Crippen LogP contribution in [0.4, 0.5) is 8.78 Å². The third kappa shape index (κ3) is 3.42. The van der Waals surface area contributed by atoms with Gasteiger partial charge in [0, 0.05) is 24.2 Å². The van der Waals surface area contributed by atoms with E-state index < -0.39 is 17.7 Å². The number of halogens is 2. The number of rotatable bonds is 4. The predicted octanol–water partition coefficient (Wildman–Crippen LogP) is 2.21. The van der Waals surface area contributed by atoms with Crippen molar-refractivity contribution in [3.8, 4) is 0 Å². The molecular weight excluding hydrogens is 274 g/mol. The highest BCUT2D eigenvalue weighted by atomic mass is 19.1. The van der Waals surface area contributed by atoms with Crippen LogP contribution in [0.3, 0.4) is 0 Å². The molecule has 0 spiro atoms. The van der Waals surface area contributed by atoms with Crippen molar-refractivity contribution in [2.45, 2.75) is 43.9 Å². The van der Waals surface area contributed by atoms with Crippen LogP contribution < -0.4 is 5.32 Å². The molecule has 3 atom stereocenters. The van der Waals surface area contributed by atoms with Crippen LogP contribution in [-0.4, -0.2) is 41.7 Å². The molecule has 2 aliphatic heterocycles. The average molecular weight is 296 g/mol. The first-order valence-electron chi connectivity index (χ1n) is 7.74. The fraction of sp³-hybridized carbons (Fsp3) is 0.625. The van der Waals surface area contributed by atoms with Crippen molar-refractivity contribution in [1.29, 1.82) is 0 Å². The molecule has 2 fully saturated rings. The van der Waals surface area contributed by atoms with Gasteiger partial charge in [0.05, 0.1) is 6.10 Å². The maximum absolute atomic E-state index is 13.6. The zero-order chi connectivity index (χ0) is 14.8. The summed E-state index contributed by atoms with van der Waals surface area (Å²) in [6.07, 6.45) is 3.64. The molecule has 21 heavy (non-hydrogen) atoms. The second kappa shape index (κ2) is 6.38. The number of benzene rings is 1. The van der Waals surface area contributed by atoms with E-state index in [1.54, 1.807) is 0 Å². The van der Waals surface area contributed by atoms with Gasteiger partial charge in [-0.25, -0.2) is 8.78 Å². The van der Waals surface area contributed by atoms with Gasteiger partial charge in [0.25, 0.3) is 0 Å². The van der Waals surface area contributed by atoms with Gasteiger partial charge in [-0.05, 0) is 57.0 Å². The van der Waals surface area contributed by atoms with E-state index in [0.29, 0.717) is 12.1 Å². The Morgan fingerprint density at radius 3 is 3.00 bits per heavy atom. The largest absolute Gasteiger partial charge is 0.387 e. The topological polar surface area (TPSA) is 35.5 Å². The summed E-state index contributed by atoms with van der Waals surface area (Å²) in [5, 5.41) is 13.4. The minimum absolute atomic E-state index is 0.0285. The number of nitrogens with zero attached hydrogens (tertiary/aromatic N) is 1. The standard InChI is InChI=1S/C16H22F2N2O/c17-11-3-4-15(18)14(8-11)16(21)10-19-12-5-7-20-6-1-2-13(20)9-12/h3-4,8,12-13,16,19,21H,1-2,5-7,9-10H2. The Kier molecular flexibility index (Phi) is 4.52. The first-order chi connectivity index (χ1) is 10.1. The molecule has 5 heteroatoms. The van der Waals surface area contributed by atoms with Gasteiger partial charge in [-0.1, -0.05) is 0 Å². The molecule has 0 aromatic heterocycles. The highest BCUT2D eigenvalue weighted by molar-refractivity contribution is 5.21. The molecule has 1 aromatic rings. The van der Waals surface area contributed by atoms with Gasteiger partial charge in [0.15, 0.2) is 0 Å². The molecule has 3 nitrogen and oxygen atoms in total. The summed E-state index contributed by atoms with van der Waals surface area (Å²) < 4.78 is 26.7. The quantitative estimate of drug-likeness (QED) is 0.894. The summed E-state index contributed by atoms with van der Waals surface area (Å²) in [5.74, 6) is -1.08. The van der Waals surface area contributed by atoms with Crippen molar-refractivity contribution in [3.63, 3.8) is 0 Å². The van der Waals surface area contributed by atoms with E-state index in [0.717, 1.165) is 37.6 Å². The smallest absolute Gasteiger partial charge is 0.129 e. The summed E-state index contributed by atoms with van der Waals surface area (Å²) >= 11 is 0. The van der Waals surface area contributed by atoms with Crippen LogP contribution in [0.2, 0.25) is 0 Å². The van der Waals surface area contributed by atoms with Crippen LogP contribution >= 0.6 is 0 Å². The number of aliphatic hydroxyl groups is 1. The van der Waals surface area contributed by atoms with Crippen LogP contribution in [0.1, 0.15) is 37.4 Å². The first kappa shape index (κ1) is 14.9. The minimum Gasteiger partial charge on any atom is -0.387 e. The van der Waals surface area contributed by atoms with Crippen molar-refractivity contribution in [1.82, 2.24) is 10.2 Å². The van der Waals surface area contributed by atoms with Crippen LogP contribution in [0.5, 0.6) is 0 Å². The second-order valence-corrected chi connectivity index (χ2v) is 6.14. The summed E-state index contributed by atoms with van der Waals surface area (Å²) in [4.78, 5) is 2.53. The number of hydrogen-bond donors (Lipinski definition) is 2. The molecule has 116 valence electrons. The SMILES string of the molecule is OC(CNC1CCN2CCCC2C1)c1cc(F)ccc1F. The Morgan fingerprint density at radius 1 is 1.29 bits per heavy atom. The summed E-state index contributed by atoms with van der Waals surface area (Å²) in [6.45, 7) is 2.55. The fourth-order valence-electron chi connectivity index (χ4n) is 3.57. The minimum atomic E-state index is -1.01. The highest BCUT2D eigenvalue weighted by Crippen LogP contribution is 2.27. The third-order valence-corrected chi connectivity index (χ3v) is 4.74. The molecular formula is C16H22F2N2O. The lowest BCUT2D eigenvalue weighted by molar-refractivity contribution is 0.136. The molecule has 2 N–H and O–H groups in total. The van der Waals surface area contributed by atoms with Crippen molar-refractivity contribution in [3.05, 3.63) is 35.4 Å². The predicted molar refractivity (Wildman–Crippen MR) is 76.9 cm³/mol. The number of aliphatic hydroxyl groups excluding tert-OH is 1. The van der Waals surface area contributed by atoms with Gasteiger partial charge >= 0.3 is 0 Å². The number of piperidine rings is 1. The molecule has 2 saturated heterocycles. The van der Waals surface area contributed by atoms with E-state index in [4.69, 9.17) is 0 Å². The van der Waals surface area contributed by atoms with Gasteiger partial charge in [0.2, 0.25) is 0 Å². The van der Waals surface area contributed by atoms with Crippen LogP contribution in [0.25, 0.3) is 0 Å². The fourth-order valence-corrected chi connectivity index (χ4v) is 3.57. The van der Waals surface area contributed by atoms with Crippen molar-refractivity contribution in [2.75, 3.05) is 19.6 Å². The van der Waals surface area contributed by atoms with Crippen molar-refractivity contribution < 1.29 is 13.9 Å². The van der Waals surface area contributed by atoms with Crippen molar-refractivity contribution >= 4 is 0 Å². The van der Waals surface area contributed by atoms with E-state index in [1.807, 2.05) is 0 Å². The lowest BCUT2D eigenvalue weighted by Crippen LogP contribution is -2.46. The molecule has 1 aromatic carbocycles. The lowest BCUT2D eigenvalue weighted by atomic mass is 9.97. The van der Waals surface area contributed by atoms with Crippen LogP contribution in [0.15, 0.2) is 18.2 Å². The van der Waals surface area contributed by atoms with E-state index in [-0.39, 0.29) is 12.1 Å². The lowest BCUT2D eigenvalue weighted by Gasteiger charge is -2.35. The zero-order valence-corrected chi connectivity index (χ0v) is 12.1.